The molecule has 0 bridgehead atoms. The van der Waals surface area contributed by atoms with Crippen molar-refractivity contribution in [2.75, 3.05) is 13.2 Å². The summed E-state index contributed by atoms with van der Waals surface area (Å²) < 4.78 is 5.88. The molecule has 0 saturated heterocycles. The Morgan fingerprint density at radius 3 is 2.73 bits per heavy atom. The quantitative estimate of drug-likeness (QED) is 0.714. The Bertz CT molecular complexity index is 715. The lowest BCUT2D eigenvalue weighted by atomic mass is 9.91. The Labute approximate surface area is 155 Å². The van der Waals surface area contributed by atoms with E-state index in [0.717, 1.165) is 25.0 Å². The van der Waals surface area contributed by atoms with Crippen molar-refractivity contribution in [3.63, 3.8) is 0 Å². The molecule has 0 heterocycles. The van der Waals surface area contributed by atoms with E-state index in [4.69, 9.17) is 4.74 Å². The fraction of sp³-hybridized carbons (Fsp3) is 0.409. The van der Waals surface area contributed by atoms with Crippen molar-refractivity contribution in [3.8, 4) is 5.75 Å². The lowest BCUT2D eigenvalue weighted by Gasteiger charge is -2.20. The van der Waals surface area contributed by atoms with Gasteiger partial charge in [-0.3, -0.25) is 4.79 Å². The predicted molar refractivity (Wildman–Crippen MR) is 103 cm³/mol. The van der Waals surface area contributed by atoms with Gasteiger partial charge in [-0.2, -0.15) is 0 Å². The first kappa shape index (κ1) is 18.5. The lowest BCUT2D eigenvalue weighted by molar-refractivity contribution is 0.0914. The lowest BCUT2D eigenvalue weighted by Crippen LogP contribution is -2.26. The van der Waals surface area contributed by atoms with E-state index in [9.17, 15) is 9.90 Å². The van der Waals surface area contributed by atoms with Crippen molar-refractivity contribution < 1.29 is 14.6 Å². The van der Waals surface area contributed by atoms with Gasteiger partial charge < -0.3 is 15.2 Å². The molecule has 0 fully saturated rings. The minimum Gasteiger partial charge on any atom is -0.491 e. The summed E-state index contributed by atoms with van der Waals surface area (Å²) in [4.78, 5) is 11.9. The molecular formula is C22H27NO3. The van der Waals surface area contributed by atoms with Crippen LogP contribution >= 0.6 is 0 Å². The zero-order chi connectivity index (χ0) is 18.2. The van der Waals surface area contributed by atoms with Gasteiger partial charge in [0.1, 0.15) is 12.4 Å². The number of hydrogen-bond donors (Lipinski definition) is 2. The van der Waals surface area contributed by atoms with Gasteiger partial charge >= 0.3 is 0 Å². The summed E-state index contributed by atoms with van der Waals surface area (Å²) in [6, 6.07) is 15.4. The van der Waals surface area contributed by atoms with E-state index in [1.165, 1.54) is 24.0 Å². The molecule has 1 unspecified atom stereocenters. The average molecular weight is 353 g/mol. The Morgan fingerprint density at radius 2 is 1.88 bits per heavy atom. The van der Waals surface area contributed by atoms with Crippen LogP contribution in [-0.4, -0.2) is 30.3 Å². The largest absolute Gasteiger partial charge is 0.491 e. The van der Waals surface area contributed by atoms with Gasteiger partial charge in [-0.15, -0.1) is 0 Å². The number of aliphatic hydroxyl groups is 1. The molecule has 4 nitrogen and oxygen atoms in total. The van der Waals surface area contributed by atoms with Crippen molar-refractivity contribution in [1.82, 2.24) is 5.32 Å². The standard InChI is InChI=1S/C22H27NO3/c24-19(12-7-15-23-22(25)18-9-2-1-3-10-18)16-26-21-14-6-11-17-8-4-5-13-20(17)21/h1-3,6,9-11,14,19,24H,4-5,7-8,12-13,15-16H2,(H,23,25). The fourth-order valence-corrected chi connectivity index (χ4v) is 3.38. The molecule has 0 spiro atoms. The van der Waals surface area contributed by atoms with E-state index in [-0.39, 0.29) is 5.91 Å². The van der Waals surface area contributed by atoms with Crippen molar-refractivity contribution in [2.24, 2.45) is 0 Å². The Balaban J connectivity index is 1.37. The average Bonchev–Trinajstić information content (AvgIpc) is 2.70. The summed E-state index contributed by atoms with van der Waals surface area (Å²) in [6.45, 7) is 0.842. The number of carbonyl (C=O) groups excluding carboxylic acids is 1. The molecule has 2 aromatic rings. The third kappa shape index (κ3) is 5.09. The first-order valence-electron chi connectivity index (χ1n) is 9.49. The zero-order valence-corrected chi connectivity index (χ0v) is 15.1. The van der Waals surface area contributed by atoms with Crippen LogP contribution in [0.3, 0.4) is 0 Å². The maximum absolute atomic E-state index is 11.9. The number of fused-ring (bicyclic) bond motifs is 1. The van der Waals surface area contributed by atoms with Crippen LogP contribution < -0.4 is 10.1 Å². The predicted octanol–water partition coefficient (Wildman–Crippen LogP) is 3.52. The number of aryl methyl sites for hydroxylation is 1. The van der Waals surface area contributed by atoms with E-state index >= 15 is 0 Å². The van der Waals surface area contributed by atoms with Crippen LogP contribution in [0.2, 0.25) is 0 Å². The number of hydrogen-bond acceptors (Lipinski definition) is 3. The molecule has 0 saturated carbocycles. The first-order valence-corrected chi connectivity index (χ1v) is 9.49. The monoisotopic (exact) mass is 353 g/mol. The molecule has 2 N–H and O–H groups in total. The highest BCUT2D eigenvalue weighted by Crippen LogP contribution is 2.29. The van der Waals surface area contributed by atoms with Crippen molar-refractivity contribution in [2.45, 2.75) is 44.6 Å². The molecule has 3 rings (SSSR count). The Hall–Kier alpha value is -2.33. The van der Waals surface area contributed by atoms with Crippen molar-refractivity contribution in [1.29, 1.82) is 0 Å². The van der Waals surface area contributed by atoms with Crippen LogP contribution in [-0.2, 0) is 12.8 Å². The number of rotatable bonds is 8. The van der Waals surface area contributed by atoms with E-state index < -0.39 is 6.10 Å². The van der Waals surface area contributed by atoms with E-state index in [1.54, 1.807) is 12.1 Å². The van der Waals surface area contributed by atoms with Crippen molar-refractivity contribution >= 4 is 5.91 Å². The smallest absolute Gasteiger partial charge is 0.251 e. The summed E-state index contributed by atoms with van der Waals surface area (Å²) in [7, 11) is 0. The highest BCUT2D eigenvalue weighted by atomic mass is 16.5. The van der Waals surface area contributed by atoms with E-state index in [2.05, 4.69) is 11.4 Å². The second-order valence-electron chi connectivity index (χ2n) is 6.83. The van der Waals surface area contributed by atoms with Crippen LogP contribution in [0.5, 0.6) is 5.75 Å². The van der Waals surface area contributed by atoms with Crippen LogP contribution in [0.25, 0.3) is 0 Å². The van der Waals surface area contributed by atoms with Gasteiger partial charge in [0, 0.05) is 12.1 Å². The van der Waals surface area contributed by atoms with Crippen LogP contribution in [0, 0.1) is 0 Å². The summed E-state index contributed by atoms with van der Waals surface area (Å²) >= 11 is 0. The molecular weight excluding hydrogens is 326 g/mol. The third-order valence-electron chi connectivity index (χ3n) is 4.82. The van der Waals surface area contributed by atoms with Crippen molar-refractivity contribution in [3.05, 3.63) is 65.2 Å². The fourth-order valence-electron chi connectivity index (χ4n) is 3.38. The number of ether oxygens (including phenoxy) is 1. The Morgan fingerprint density at radius 1 is 1.08 bits per heavy atom. The molecule has 1 aliphatic rings. The highest BCUT2D eigenvalue weighted by Gasteiger charge is 2.15. The minimum absolute atomic E-state index is 0.0766. The number of amides is 1. The third-order valence-corrected chi connectivity index (χ3v) is 4.82. The number of benzene rings is 2. The minimum atomic E-state index is -0.525. The van der Waals surface area contributed by atoms with Gasteiger partial charge in [0.05, 0.1) is 6.10 Å². The molecule has 0 aromatic heterocycles. The highest BCUT2D eigenvalue weighted by molar-refractivity contribution is 5.94. The van der Waals surface area contributed by atoms with Crippen LogP contribution in [0.4, 0.5) is 0 Å². The number of aliphatic hydroxyl groups excluding tert-OH is 1. The molecule has 1 amide bonds. The van der Waals surface area contributed by atoms with Crippen LogP contribution in [0.15, 0.2) is 48.5 Å². The number of carbonyl (C=O) groups is 1. The molecule has 1 aliphatic carbocycles. The normalized spacial score (nSPS) is 14.3. The van der Waals surface area contributed by atoms with Gasteiger partial charge in [-0.05, 0) is 67.9 Å². The van der Waals surface area contributed by atoms with Gasteiger partial charge in [0.25, 0.3) is 5.91 Å². The second-order valence-corrected chi connectivity index (χ2v) is 6.83. The summed E-state index contributed by atoms with van der Waals surface area (Å²) in [6.07, 6.45) is 5.43. The van der Waals surface area contributed by atoms with Gasteiger partial charge in [-0.25, -0.2) is 0 Å². The molecule has 26 heavy (non-hydrogen) atoms. The topological polar surface area (TPSA) is 58.6 Å². The molecule has 1 atom stereocenters. The van der Waals surface area contributed by atoms with Gasteiger partial charge in [-0.1, -0.05) is 30.3 Å². The molecule has 2 aromatic carbocycles. The maximum Gasteiger partial charge on any atom is 0.251 e. The maximum atomic E-state index is 11.9. The molecule has 4 heteroatoms. The Kier molecular flexibility index (Phi) is 6.67. The zero-order valence-electron chi connectivity index (χ0n) is 15.1. The van der Waals surface area contributed by atoms with Crippen LogP contribution in [0.1, 0.15) is 47.2 Å². The van der Waals surface area contributed by atoms with Gasteiger partial charge in [0.2, 0.25) is 0 Å². The summed E-state index contributed by atoms with van der Waals surface area (Å²) in [5, 5.41) is 13.0. The van der Waals surface area contributed by atoms with Gasteiger partial charge in [0.15, 0.2) is 0 Å². The molecule has 0 aliphatic heterocycles. The molecule has 0 radical (unpaired) electrons. The summed E-state index contributed by atoms with van der Waals surface area (Å²) in [5.74, 6) is 0.839. The first-order chi connectivity index (χ1) is 12.7. The SMILES string of the molecule is O=C(NCCCC(O)COc1cccc2c1CCCC2)c1ccccc1. The summed E-state index contributed by atoms with van der Waals surface area (Å²) in [5.41, 5.74) is 3.35. The van der Waals surface area contributed by atoms with E-state index in [1.807, 2.05) is 30.3 Å². The second kappa shape index (κ2) is 9.39. The van der Waals surface area contributed by atoms with E-state index in [0.29, 0.717) is 25.1 Å². The number of nitrogens with one attached hydrogen (secondary N) is 1. The molecule has 138 valence electrons.